The quantitative estimate of drug-likeness (QED) is 0.888. The second-order valence-electron chi connectivity index (χ2n) is 4.82. The lowest BCUT2D eigenvalue weighted by atomic mass is 10.1. The SMILES string of the molecule is CCC(=O)N(CC(C)C(=O)O)c1cccc(C)c1C. The number of carbonyl (C=O) groups excluding carboxylic acids is 1. The van der Waals surface area contributed by atoms with Crippen molar-refractivity contribution in [1.82, 2.24) is 0 Å². The van der Waals surface area contributed by atoms with E-state index in [9.17, 15) is 9.59 Å². The molecular weight excluding hydrogens is 242 g/mol. The fraction of sp³-hybridized carbons (Fsp3) is 0.467. The maximum Gasteiger partial charge on any atom is 0.308 e. The Labute approximate surface area is 114 Å². The summed E-state index contributed by atoms with van der Waals surface area (Å²) in [4.78, 5) is 24.6. The molecule has 0 heterocycles. The molecule has 0 radical (unpaired) electrons. The summed E-state index contributed by atoms with van der Waals surface area (Å²) in [5, 5.41) is 9.02. The van der Waals surface area contributed by atoms with Gasteiger partial charge in [0.2, 0.25) is 5.91 Å². The van der Waals surface area contributed by atoms with Gasteiger partial charge in [0.15, 0.2) is 0 Å². The van der Waals surface area contributed by atoms with Gasteiger partial charge in [0.25, 0.3) is 0 Å². The van der Waals surface area contributed by atoms with Gasteiger partial charge in [0.05, 0.1) is 5.92 Å². The topological polar surface area (TPSA) is 57.6 Å². The summed E-state index contributed by atoms with van der Waals surface area (Å²) in [6.07, 6.45) is 0.361. The molecular formula is C15H21NO3. The van der Waals surface area contributed by atoms with Crippen LogP contribution in [0.1, 0.15) is 31.4 Å². The molecule has 1 amide bonds. The molecule has 1 atom stereocenters. The van der Waals surface area contributed by atoms with Gasteiger partial charge in [0, 0.05) is 18.7 Å². The van der Waals surface area contributed by atoms with Crippen LogP contribution in [0.2, 0.25) is 0 Å². The zero-order chi connectivity index (χ0) is 14.6. The van der Waals surface area contributed by atoms with Crippen molar-refractivity contribution < 1.29 is 14.7 Å². The number of carboxylic acids is 1. The Balaban J connectivity index is 3.13. The van der Waals surface area contributed by atoms with E-state index in [4.69, 9.17) is 5.11 Å². The molecule has 1 unspecified atom stereocenters. The van der Waals surface area contributed by atoms with Crippen molar-refractivity contribution >= 4 is 17.6 Å². The number of hydrogen-bond donors (Lipinski definition) is 1. The Hall–Kier alpha value is -1.84. The van der Waals surface area contributed by atoms with Crippen molar-refractivity contribution in [2.45, 2.75) is 34.1 Å². The van der Waals surface area contributed by atoms with Crippen LogP contribution in [0.25, 0.3) is 0 Å². The van der Waals surface area contributed by atoms with Crippen molar-refractivity contribution in [3.8, 4) is 0 Å². The van der Waals surface area contributed by atoms with Crippen LogP contribution in [-0.2, 0) is 9.59 Å². The van der Waals surface area contributed by atoms with Gasteiger partial charge in [-0.2, -0.15) is 0 Å². The monoisotopic (exact) mass is 263 g/mol. The lowest BCUT2D eigenvalue weighted by Gasteiger charge is -2.26. The van der Waals surface area contributed by atoms with Crippen LogP contribution >= 0.6 is 0 Å². The van der Waals surface area contributed by atoms with Crippen LogP contribution in [0.15, 0.2) is 18.2 Å². The minimum atomic E-state index is -0.890. The van der Waals surface area contributed by atoms with Crippen molar-refractivity contribution in [2.75, 3.05) is 11.4 Å². The first-order chi connectivity index (χ1) is 8.88. The first-order valence-corrected chi connectivity index (χ1v) is 6.47. The summed E-state index contributed by atoms with van der Waals surface area (Å²) in [6, 6.07) is 5.73. The molecule has 0 aliphatic carbocycles. The minimum absolute atomic E-state index is 0.0539. The molecule has 1 aromatic carbocycles. The lowest BCUT2D eigenvalue weighted by Crippen LogP contribution is -2.37. The average molecular weight is 263 g/mol. The van der Waals surface area contributed by atoms with Gasteiger partial charge in [-0.15, -0.1) is 0 Å². The maximum atomic E-state index is 12.1. The summed E-state index contributed by atoms with van der Waals surface area (Å²) in [7, 11) is 0. The summed E-state index contributed by atoms with van der Waals surface area (Å²) in [5.74, 6) is -1.53. The normalized spacial score (nSPS) is 12.0. The van der Waals surface area contributed by atoms with Crippen molar-refractivity contribution in [1.29, 1.82) is 0 Å². The number of benzene rings is 1. The Kier molecular flexibility index (Phi) is 5.10. The zero-order valence-corrected chi connectivity index (χ0v) is 11.9. The number of nitrogens with zero attached hydrogens (tertiary/aromatic N) is 1. The van der Waals surface area contributed by atoms with Gasteiger partial charge in [-0.1, -0.05) is 26.0 Å². The number of rotatable bonds is 5. The molecule has 4 heteroatoms. The van der Waals surface area contributed by atoms with Crippen LogP contribution < -0.4 is 4.90 Å². The maximum absolute atomic E-state index is 12.1. The average Bonchev–Trinajstić information content (AvgIpc) is 2.38. The van der Waals surface area contributed by atoms with Gasteiger partial charge in [-0.25, -0.2) is 0 Å². The highest BCUT2D eigenvalue weighted by molar-refractivity contribution is 5.94. The van der Waals surface area contributed by atoms with E-state index in [-0.39, 0.29) is 12.5 Å². The van der Waals surface area contributed by atoms with Crippen molar-refractivity contribution in [2.24, 2.45) is 5.92 Å². The first-order valence-electron chi connectivity index (χ1n) is 6.47. The van der Waals surface area contributed by atoms with E-state index in [0.717, 1.165) is 16.8 Å². The van der Waals surface area contributed by atoms with E-state index in [1.165, 1.54) is 0 Å². The Morgan fingerprint density at radius 2 is 1.95 bits per heavy atom. The third-order valence-corrected chi connectivity index (χ3v) is 3.35. The molecule has 0 aromatic heterocycles. The summed E-state index contributed by atoms with van der Waals surface area (Å²) >= 11 is 0. The fourth-order valence-electron chi connectivity index (χ4n) is 1.91. The zero-order valence-electron chi connectivity index (χ0n) is 11.9. The number of carbonyl (C=O) groups is 2. The fourth-order valence-corrected chi connectivity index (χ4v) is 1.91. The predicted octanol–water partition coefficient (Wildman–Crippen LogP) is 2.77. The molecule has 0 aliphatic rings. The lowest BCUT2D eigenvalue weighted by molar-refractivity contribution is -0.140. The first kappa shape index (κ1) is 15.2. The number of hydrogen-bond acceptors (Lipinski definition) is 2. The van der Waals surface area contributed by atoms with E-state index in [1.807, 2.05) is 32.0 Å². The van der Waals surface area contributed by atoms with Crippen molar-refractivity contribution in [3.63, 3.8) is 0 Å². The van der Waals surface area contributed by atoms with E-state index in [2.05, 4.69) is 0 Å². The highest BCUT2D eigenvalue weighted by Gasteiger charge is 2.22. The summed E-state index contributed by atoms with van der Waals surface area (Å²) < 4.78 is 0. The largest absolute Gasteiger partial charge is 0.481 e. The molecule has 0 aliphatic heterocycles. The molecule has 1 N–H and O–H groups in total. The van der Waals surface area contributed by atoms with Gasteiger partial charge in [0.1, 0.15) is 0 Å². The highest BCUT2D eigenvalue weighted by Crippen LogP contribution is 2.24. The summed E-state index contributed by atoms with van der Waals surface area (Å²) in [6.45, 7) is 7.53. The molecule has 1 rings (SSSR count). The smallest absolute Gasteiger partial charge is 0.308 e. The third-order valence-electron chi connectivity index (χ3n) is 3.35. The molecule has 104 valence electrons. The van der Waals surface area contributed by atoms with Gasteiger partial charge in [-0.05, 0) is 31.0 Å². The second kappa shape index (κ2) is 6.36. The minimum Gasteiger partial charge on any atom is -0.481 e. The standard InChI is InChI=1S/C15H21NO3/c1-5-14(17)16(9-11(3)15(18)19)13-8-6-7-10(2)12(13)4/h6-8,11H,5,9H2,1-4H3,(H,18,19). The Morgan fingerprint density at radius 3 is 2.47 bits per heavy atom. The van der Waals surface area contributed by atoms with Crippen LogP contribution in [0.5, 0.6) is 0 Å². The molecule has 0 spiro atoms. The Morgan fingerprint density at radius 1 is 1.32 bits per heavy atom. The van der Waals surface area contributed by atoms with Crippen LogP contribution in [0, 0.1) is 19.8 Å². The van der Waals surface area contributed by atoms with E-state index >= 15 is 0 Å². The second-order valence-corrected chi connectivity index (χ2v) is 4.82. The number of carboxylic acid groups (broad SMARTS) is 1. The number of aryl methyl sites for hydroxylation is 1. The van der Waals surface area contributed by atoms with Crippen LogP contribution in [0.4, 0.5) is 5.69 Å². The number of amides is 1. The predicted molar refractivity (Wildman–Crippen MR) is 75.4 cm³/mol. The number of aliphatic carboxylic acids is 1. The van der Waals surface area contributed by atoms with Crippen molar-refractivity contribution in [3.05, 3.63) is 29.3 Å². The highest BCUT2D eigenvalue weighted by atomic mass is 16.4. The third kappa shape index (κ3) is 3.56. The molecule has 0 fully saturated rings. The van der Waals surface area contributed by atoms with Crippen LogP contribution in [-0.4, -0.2) is 23.5 Å². The van der Waals surface area contributed by atoms with E-state index in [1.54, 1.807) is 18.7 Å². The summed E-state index contributed by atoms with van der Waals surface area (Å²) in [5.41, 5.74) is 2.91. The molecule has 19 heavy (non-hydrogen) atoms. The molecule has 0 bridgehead atoms. The molecule has 1 aromatic rings. The van der Waals surface area contributed by atoms with E-state index < -0.39 is 11.9 Å². The number of anilines is 1. The van der Waals surface area contributed by atoms with Gasteiger partial charge >= 0.3 is 5.97 Å². The Bertz CT molecular complexity index is 482. The van der Waals surface area contributed by atoms with Gasteiger partial charge in [-0.3, -0.25) is 9.59 Å². The van der Waals surface area contributed by atoms with Crippen LogP contribution in [0.3, 0.4) is 0 Å². The molecule has 0 saturated carbocycles. The van der Waals surface area contributed by atoms with Gasteiger partial charge < -0.3 is 10.0 Å². The molecule has 4 nitrogen and oxygen atoms in total. The molecule has 0 saturated heterocycles. The van der Waals surface area contributed by atoms with E-state index in [0.29, 0.717) is 6.42 Å².